The number of rotatable bonds is 7. The molecule has 0 saturated heterocycles. The van der Waals surface area contributed by atoms with Crippen molar-refractivity contribution in [3.05, 3.63) is 34.9 Å². The summed E-state index contributed by atoms with van der Waals surface area (Å²) in [6, 6.07) is 7.42. The van der Waals surface area contributed by atoms with Crippen molar-refractivity contribution in [1.82, 2.24) is 0 Å². The minimum absolute atomic E-state index is 0.316. The Hall–Kier alpha value is -0.670. The van der Waals surface area contributed by atoms with E-state index in [0.29, 0.717) is 30.2 Å². The second-order valence-electron chi connectivity index (χ2n) is 3.79. The van der Waals surface area contributed by atoms with Crippen LogP contribution in [-0.2, 0) is 20.2 Å². The average molecular weight is 304 g/mol. The van der Waals surface area contributed by atoms with Gasteiger partial charge in [0.15, 0.2) is 0 Å². The van der Waals surface area contributed by atoms with Crippen molar-refractivity contribution in [2.45, 2.75) is 27.3 Å². The van der Waals surface area contributed by atoms with Crippen LogP contribution in [0.5, 0.6) is 0 Å². The van der Waals surface area contributed by atoms with Gasteiger partial charge in [-0.2, -0.15) is 0 Å². The lowest BCUT2D eigenvalue weighted by Gasteiger charge is -2.16. The highest BCUT2D eigenvalue weighted by molar-refractivity contribution is 7.72. The maximum absolute atomic E-state index is 12.4. The topological polar surface area (TPSA) is 47.9 Å². The third kappa shape index (κ3) is 4.73. The van der Waals surface area contributed by atoms with Crippen molar-refractivity contribution in [3.8, 4) is 0 Å². The molecule has 0 spiro atoms. The summed E-state index contributed by atoms with van der Waals surface area (Å²) in [4.78, 5) is 4.28. The minimum atomic E-state index is -3.26. The van der Waals surface area contributed by atoms with Gasteiger partial charge in [0, 0.05) is 5.02 Å². The van der Waals surface area contributed by atoms with Gasteiger partial charge in [-0.05, 0) is 32.4 Å². The van der Waals surface area contributed by atoms with Gasteiger partial charge in [0.2, 0.25) is 0 Å². The van der Waals surface area contributed by atoms with E-state index in [1.54, 1.807) is 26.8 Å². The SMILES string of the molecule is CCOP(=O)(OCC)C(C)=NCc1ccccc1Cl. The van der Waals surface area contributed by atoms with Gasteiger partial charge in [-0.1, -0.05) is 29.8 Å². The Morgan fingerprint density at radius 2 is 1.84 bits per heavy atom. The van der Waals surface area contributed by atoms with E-state index in [1.165, 1.54) is 0 Å². The van der Waals surface area contributed by atoms with Crippen molar-refractivity contribution in [2.75, 3.05) is 13.2 Å². The third-order valence-corrected chi connectivity index (χ3v) is 4.93. The van der Waals surface area contributed by atoms with E-state index in [4.69, 9.17) is 20.6 Å². The Kier molecular flexibility index (Phi) is 6.73. The normalized spacial score (nSPS) is 12.7. The van der Waals surface area contributed by atoms with Crippen molar-refractivity contribution >= 4 is 24.6 Å². The molecule has 0 amide bonds. The van der Waals surface area contributed by atoms with E-state index >= 15 is 0 Å². The molecule has 1 rings (SSSR count). The maximum atomic E-state index is 12.4. The summed E-state index contributed by atoms with van der Waals surface area (Å²) in [5.74, 6) is 0. The largest absolute Gasteiger partial charge is 0.374 e. The number of nitrogens with zero attached hydrogens (tertiary/aromatic N) is 1. The summed E-state index contributed by atoms with van der Waals surface area (Å²) < 4.78 is 22.9. The van der Waals surface area contributed by atoms with E-state index in [9.17, 15) is 4.57 Å². The number of aliphatic imine (C=N–C) groups is 1. The van der Waals surface area contributed by atoms with Gasteiger partial charge in [-0.3, -0.25) is 9.56 Å². The highest BCUT2D eigenvalue weighted by Gasteiger charge is 2.27. The minimum Gasteiger partial charge on any atom is -0.305 e. The van der Waals surface area contributed by atoms with Crippen molar-refractivity contribution in [3.63, 3.8) is 0 Å². The first-order valence-electron chi connectivity index (χ1n) is 6.17. The molecule has 0 aliphatic rings. The van der Waals surface area contributed by atoms with Gasteiger partial charge in [-0.15, -0.1) is 0 Å². The molecule has 0 radical (unpaired) electrons. The predicted molar refractivity (Wildman–Crippen MR) is 79.1 cm³/mol. The number of benzene rings is 1. The molecule has 19 heavy (non-hydrogen) atoms. The fourth-order valence-corrected chi connectivity index (χ4v) is 3.04. The smallest absolute Gasteiger partial charge is 0.305 e. The van der Waals surface area contributed by atoms with Gasteiger partial charge >= 0.3 is 7.60 Å². The third-order valence-electron chi connectivity index (χ3n) is 2.43. The summed E-state index contributed by atoms with van der Waals surface area (Å²) in [5.41, 5.74) is 1.25. The van der Waals surface area contributed by atoms with Crippen molar-refractivity contribution < 1.29 is 13.6 Å². The van der Waals surface area contributed by atoms with Crippen LogP contribution in [0.2, 0.25) is 5.02 Å². The van der Waals surface area contributed by atoms with E-state index in [2.05, 4.69) is 4.99 Å². The molecule has 4 nitrogen and oxygen atoms in total. The molecule has 0 heterocycles. The second kappa shape index (κ2) is 7.81. The van der Waals surface area contributed by atoms with E-state index in [1.807, 2.05) is 18.2 Å². The summed E-state index contributed by atoms with van der Waals surface area (Å²) in [6.07, 6.45) is 0. The van der Waals surface area contributed by atoms with Gasteiger partial charge in [-0.25, -0.2) is 0 Å². The summed E-state index contributed by atoms with van der Waals surface area (Å²) in [5, 5.41) is 0.640. The summed E-state index contributed by atoms with van der Waals surface area (Å²) in [6.45, 7) is 6.19. The zero-order valence-corrected chi connectivity index (χ0v) is 13.1. The second-order valence-corrected chi connectivity index (χ2v) is 6.35. The van der Waals surface area contributed by atoms with Crippen molar-refractivity contribution in [2.24, 2.45) is 4.99 Å². The lowest BCUT2D eigenvalue weighted by atomic mass is 10.2. The van der Waals surface area contributed by atoms with E-state index < -0.39 is 7.60 Å². The molecule has 0 saturated carbocycles. The molecule has 0 atom stereocenters. The molecule has 1 aromatic carbocycles. The first-order chi connectivity index (χ1) is 9.03. The molecule has 0 unspecified atom stereocenters. The molecule has 0 N–H and O–H groups in total. The van der Waals surface area contributed by atoms with Crippen molar-refractivity contribution in [1.29, 1.82) is 0 Å². The lowest BCUT2D eigenvalue weighted by Crippen LogP contribution is -2.04. The summed E-state index contributed by atoms with van der Waals surface area (Å²) >= 11 is 6.04. The highest BCUT2D eigenvalue weighted by Crippen LogP contribution is 2.49. The van der Waals surface area contributed by atoms with Gasteiger partial charge in [0.05, 0.1) is 19.8 Å². The van der Waals surface area contributed by atoms with Crippen LogP contribution in [-0.4, -0.2) is 18.7 Å². The Bertz CT molecular complexity index is 481. The number of halogens is 1. The number of hydrogen-bond donors (Lipinski definition) is 0. The van der Waals surface area contributed by atoms with Crippen LogP contribution >= 0.6 is 19.2 Å². The number of hydrogen-bond acceptors (Lipinski definition) is 4. The van der Waals surface area contributed by atoms with Crippen LogP contribution in [0.25, 0.3) is 0 Å². The molecular weight excluding hydrogens is 285 g/mol. The predicted octanol–water partition coefficient (Wildman–Crippen LogP) is 4.52. The Morgan fingerprint density at radius 3 is 2.37 bits per heavy atom. The first-order valence-corrected chi connectivity index (χ1v) is 8.09. The molecule has 0 fully saturated rings. The van der Waals surface area contributed by atoms with Crippen LogP contribution in [0, 0.1) is 0 Å². The molecule has 1 aromatic rings. The van der Waals surface area contributed by atoms with Crippen LogP contribution in [0.15, 0.2) is 29.3 Å². The Balaban J connectivity index is 2.85. The maximum Gasteiger partial charge on any atom is 0.374 e. The zero-order valence-electron chi connectivity index (χ0n) is 11.4. The van der Waals surface area contributed by atoms with Gasteiger partial charge in [0.25, 0.3) is 0 Å². The fraction of sp³-hybridized carbons (Fsp3) is 0.462. The Labute approximate surface area is 119 Å². The molecule has 0 bridgehead atoms. The summed E-state index contributed by atoms with van der Waals surface area (Å²) in [7, 11) is -3.26. The molecule has 0 aliphatic carbocycles. The molecular formula is C13H19ClNO3P. The van der Waals surface area contributed by atoms with Gasteiger partial charge in [0.1, 0.15) is 5.45 Å². The average Bonchev–Trinajstić information content (AvgIpc) is 2.38. The fourth-order valence-electron chi connectivity index (χ4n) is 1.48. The van der Waals surface area contributed by atoms with Crippen LogP contribution < -0.4 is 0 Å². The van der Waals surface area contributed by atoms with E-state index in [0.717, 1.165) is 5.56 Å². The molecule has 6 heteroatoms. The van der Waals surface area contributed by atoms with E-state index in [-0.39, 0.29) is 0 Å². The molecule has 0 aromatic heterocycles. The van der Waals surface area contributed by atoms with Crippen LogP contribution in [0.3, 0.4) is 0 Å². The quantitative estimate of drug-likeness (QED) is 0.549. The standard InChI is InChI=1S/C13H19ClNO3P/c1-4-17-19(16,18-5-2)11(3)15-10-12-8-6-7-9-13(12)14/h6-9H,4-5,10H2,1-3H3. The highest BCUT2D eigenvalue weighted by atomic mass is 35.5. The monoisotopic (exact) mass is 303 g/mol. The van der Waals surface area contributed by atoms with Crippen LogP contribution in [0.4, 0.5) is 0 Å². The van der Waals surface area contributed by atoms with Gasteiger partial charge < -0.3 is 9.05 Å². The molecule has 106 valence electrons. The Morgan fingerprint density at radius 1 is 1.26 bits per heavy atom. The zero-order chi connectivity index (χ0) is 14.3. The first kappa shape index (κ1) is 16.4. The lowest BCUT2D eigenvalue weighted by molar-refractivity contribution is 0.232. The molecule has 0 aliphatic heterocycles. The van der Waals surface area contributed by atoms with Crippen LogP contribution in [0.1, 0.15) is 26.3 Å².